The number of hydrogen-bond acceptors (Lipinski definition) is 3. The summed E-state index contributed by atoms with van der Waals surface area (Å²) in [6.07, 6.45) is 2.01. The smallest absolute Gasteiger partial charge is 0.322 e. The second kappa shape index (κ2) is 4.52. The minimum absolute atomic E-state index is 0. The Labute approximate surface area is 66.5 Å². The van der Waals surface area contributed by atoms with Crippen molar-refractivity contribution in [3.63, 3.8) is 0 Å². The van der Waals surface area contributed by atoms with Crippen molar-refractivity contribution in [3.05, 3.63) is 0 Å². The predicted molar refractivity (Wildman–Crippen MR) is 40.3 cm³/mol. The summed E-state index contributed by atoms with van der Waals surface area (Å²) in [6.45, 7) is 0.944. The number of hydrogen-bond donors (Lipinski definition) is 1. The van der Waals surface area contributed by atoms with E-state index in [0.29, 0.717) is 0 Å². The molecular formula is C6H12ClNO2. The molecule has 0 aromatic heterocycles. The monoisotopic (exact) mass is 165 g/mol. The highest BCUT2D eigenvalue weighted by atomic mass is 35.5. The van der Waals surface area contributed by atoms with Crippen LogP contribution in [0.15, 0.2) is 0 Å². The molecule has 1 unspecified atom stereocenters. The van der Waals surface area contributed by atoms with Crippen molar-refractivity contribution in [1.29, 1.82) is 0 Å². The summed E-state index contributed by atoms with van der Waals surface area (Å²) in [5, 5.41) is 3.03. The van der Waals surface area contributed by atoms with E-state index in [1.807, 2.05) is 0 Å². The molecule has 10 heavy (non-hydrogen) atoms. The number of methoxy groups -OCH3 is 1. The van der Waals surface area contributed by atoms with Gasteiger partial charge in [0, 0.05) is 0 Å². The van der Waals surface area contributed by atoms with Gasteiger partial charge in [-0.05, 0) is 19.4 Å². The lowest BCUT2D eigenvalue weighted by Gasteiger charge is -2.04. The van der Waals surface area contributed by atoms with Crippen LogP contribution in [0.25, 0.3) is 0 Å². The molecule has 1 heterocycles. The summed E-state index contributed by atoms with van der Waals surface area (Å²) in [4.78, 5) is 10.7. The Balaban J connectivity index is 0.000000810. The van der Waals surface area contributed by atoms with Gasteiger partial charge in [0.15, 0.2) is 0 Å². The van der Waals surface area contributed by atoms with Crippen LogP contribution in [0, 0.1) is 0 Å². The molecule has 0 aromatic rings. The van der Waals surface area contributed by atoms with Gasteiger partial charge in [-0.3, -0.25) is 4.79 Å². The lowest BCUT2D eigenvalue weighted by atomic mass is 10.2. The second-order valence-electron chi connectivity index (χ2n) is 2.17. The number of halogens is 1. The van der Waals surface area contributed by atoms with Gasteiger partial charge in [0.05, 0.1) is 7.11 Å². The van der Waals surface area contributed by atoms with Crippen molar-refractivity contribution in [1.82, 2.24) is 5.32 Å². The van der Waals surface area contributed by atoms with Crippen LogP contribution in [0.3, 0.4) is 0 Å². The van der Waals surface area contributed by atoms with E-state index in [0.717, 1.165) is 19.4 Å². The third-order valence-electron chi connectivity index (χ3n) is 1.55. The molecule has 0 aliphatic carbocycles. The highest BCUT2D eigenvalue weighted by molar-refractivity contribution is 5.85. The van der Waals surface area contributed by atoms with Crippen molar-refractivity contribution in [2.24, 2.45) is 0 Å². The molecule has 1 rings (SSSR count). The Kier molecular flexibility index (Phi) is 4.40. The van der Waals surface area contributed by atoms with E-state index < -0.39 is 0 Å². The predicted octanol–water partition coefficient (Wildman–Crippen LogP) is 0.333. The number of nitrogens with one attached hydrogen (secondary N) is 1. The number of esters is 1. The Bertz CT molecular complexity index is 112. The second-order valence-corrected chi connectivity index (χ2v) is 2.17. The lowest BCUT2D eigenvalue weighted by molar-refractivity contribution is -0.142. The van der Waals surface area contributed by atoms with Crippen LogP contribution in [0.4, 0.5) is 0 Å². The molecule has 1 saturated heterocycles. The zero-order valence-corrected chi connectivity index (χ0v) is 6.74. The zero-order chi connectivity index (χ0) is 6.69. The van der Waals surface area contributed by atoms with Crippen LogP contribution >= 0.6 is 12.4 Å². The van der Waals surface area contributed by atoms with E-state index in [1.54, 1.807) is 0 Å². The molecule has 0 amide bonds. The zero-order valence-electron chi connectivity index (χ0n) is 5.92. The first-order valence-corrected chi connectivity index (χ1v) is 3.16. The fourth-order valence-electron chi connectivity index (χ4n) is 1.03. The van der Waals surface area contributed by atoms with E-state index in [4.69, 9.17) is 0 Å². The van der Waals surface area contributed by atoms with E-state index in [9.17, 15) is 4.79 Å². The summed E-state index contributed by atoms with van der Waals surface area (Å²) in [7, 11) is 1.42. The fraction of sp³-hybridized carbons (Fsp3) is 0.833. The van der Waals surface area contributed by atoms with Crippen LogP contribution in [-0.2, 0) is 9.53 Å². The van der Waals surface area contributed by atoms with Gasteiger partial charge in [0.25, 0.3) is 0 Å². The maximum absolute atomic E-state index is 10.7. The summed E-state index contributed by atoms with van der Waals surface area (Å²) >= 11 is 0. The van der Waals surface area contributed by atoms with Gasteiger partial charge in [0.1, 0.15) is 6.04 Å². The van der Waals surface area contributed by atoms with Gasteiger partial charge in [-0.1, -0.05) is 0 Å². The summed E-state index contributed by atoms with van der Waals surface area (Å²) < 4.78 is 4.53. The average Bonchev–Trinajstić information content (AvgIpc) is 2.37. The minimum Gasteiger partial charge on any atom is -0.468 e. The third kappa shape index (κ3) is 2.15. The normalized spacial score (nSPS) is 23.5. The lowest BCUT2D eigenvalue weighted by Crippen LogP contribution is -2.31. The Morgan fingerprint density at radius 1 is 1.70 bits per heavy atom. The van der Waals surface area contributed by atoms with E-state index >= 15 is 0 Å². The number of rotatable bonds is 1. The van der Waals surface area contributed by atoms with Crippen molar-refractivity contribution >= 4 is 18.4 Å². The maximum atomic E-state index is 10.7. The molecule has 0 saturated carbocycles. The quantitative estimate of drug-likeness (QED) is 0.570. The molecule has 1 atom stereocenters. The molecule has 1 aliphatic heterocycles. The first-order chi connectivity index (χ1) is 4.34. The van der Waals surface area contributed by atoms with Crippen LogP contribution in [0.5, 0.6) is 0 Å². The third-order valence-corrected chi connectivity index (χ3v) is 1.55. The number of carbonyl (C=O) groups excluding carboxylic acids is 1. The highest BCUT2D eigenvalue weighted by Crippen LogP contribution is 2.05. The Hall–Kier alpha value is -0.280. The highest BCUT2D eigenvalue weighted by Gasteiger charge is 2.21. The van der Waals surface area contributed by atoms with Crippen molar-refractivity contribution in [2.75, 3.05) is 13.7 Å². The van der Waals surface area contributed by atoms with Gasteiger partial charge in [-0.25, -0.2) is 0 Å². The molecule has 4 heteroatoms. The molecule has 60 valence electrons. The molecule has 0 radical (unpaired) electrons. The average molecular weight is 166 g/mol. The van der Waals surface area contributed by atoms with Crippen LogP contribution in [0.2, 0.25) is 0 Å². The first kappa shape index (κ1) is 9.72. The van der Waals surface area contributed by atoms with Gasteiger partial charge in [-0.2, -0.15) is 0 Å². The number of ether oxygens (including phenoxy) is 1. The summed E-state index contributed by atoms with van der Waals surface area (Å²) in [5.41, 5.74) is 0. The Morgan fingerprint density at radius 3 is 2.80 bits per heavy atom. The van der Waals surface area contributed by atoms with Gasteiger partial charge in [-0.15, -0.1) is 12.4 Å². The molecule has 0 spiro atoms. The van der Waals surface area contributed by atoms with Crippen molar-refractivity contribution in [3.8, 4) is 0 Å². The molecular weight excluding hydrogens is 154 g/mol. The standard InChI is InChI=1S/C6H11NO2.ClH/c1-9-6(8)5-3-2-4-7-5;/h5,7H,2-4H2,1H3;1H. The molecule has 3 nitrogen and oxygen atoms in total. The molecule has 1 aliphatic rings. The van der Waals surface area contributed by atoms with Crippen LogP contribution < -0.4 is 5.32 Å². The SMILES string of the molecule is COC(=O)C1CCCN1.Cl. The van der Waals surface area contributed by atoms with Crippen molar-refractivity contribution in [2.45, 2.75) is 18.9 Å². The molecule has 0 bridgehead atoms. The summed E-state index contributed by atoms with van der Waals surface area (Å²) in [6, 6.07) is -0.0324. The number of carbonyl (C=O) groups is 1. The van der Waals surface area contributed by atoms with E-state index in [2.05, 4.69) is 10.1 Å². The van der Waals surface area contributed by atoms with Gasteiger partial charge >= 0.3 is 5.97 Å². The van der Waals surface area contributed by atoms with Crippen LogP contribution in [-0.4, -0.2) is 25.7 Å². The van der Waals surface area contributed by atoms with Crippen LogP contribution in [0.1, 0.15) is 12.8 Å². The largest absolute Gasteiger partial charge is 0.468 e. The fourth-order valence-corrected chi connectivity index (χ4v) is 1.03. The Morgan fingerprint density at radius 2 is 2.40 bits per heavy atom. The van der Waals surface area contributed by atoms with Gasteiger partial charge < -0.3 is 10.1 Å². The summed E-state index contributed by atoms with van der Waals surface area (Å²) in [5.74, 6) is -0.132. The maximum Gasteiger partial charge on any atom is 0.322 e. The molecule has 1 fully saturated rings. The van der Waals surface area contributed by atoms with E-state index in [1.165, 1.54) is 7.11 Å². The molecule has 1 N–H and O–H groups in total. The minimum atomic E-state index is -0.132. The molecule has 0 aromatic carbocycles. The van der Waals surface area contributed by atoms with Crippen molar-refractivity contribution < 1.29 is 9.53 Å². The van der Waals surface area contributed by atoms with E-state index in [-0.39, 0.29) is 24.4 Å². The topological polar surface area (TPSA) is 38.3 Å². The first-order valence-electron chi connectivity index (χ1n) is 3.16. The van der Waals surface area contributed by atoms with Gasteiger partial charge in [0.2, 0.25) is 0 Å².